The zero-order valence-electron chi connectivity index (χ0n) is 16.9. The van der Waals surface area contributed by atoms with Crippen LogP contribution in [0, 0.1) is 11.8 Å². The molecule has 158 valence electrons. The minimum Gasteiger partial charge on any atom is -0.466 e. The lowest BCUT2D eigenvalue weighted by atomic mass is 9.82. The lowest BCUT2D eigenvalue weighted by Crippen LogP contribution is -2.37. The van der Waals surface area contributed by atoms with Crippen LogP contribution in [-0.4, -0.2) is 44.7 Å². The number of hydrogen-bond donors (Lipinski definition) is 3. The third-order valence-corrected chi connectivity index (χ3v) is 5.25. The maximum absolute atomic E-state index is 12.6. The van der Waals surface area contributed by atoms with Gasteiger partial charge in [-0.1, -0.05) is 13.3 Å². The molecule has 0 aromatic carbocycles. The third-order valence-electron chi connectivity index (χ3n) is 5.25. The van der Waals surface area contributed by atoms with Gasteiger partial charge < -0.3 is 15.4 Å². The summed E-state index contributed by atoms with van der Waals surface area (Å²) in [7, 11) is 0. The monoisotopic (exact) mass is 404 g/mol. The van der Waals surface area contributed by atoms with Crippen molar-refractivity contribution in [3.05, 3.63) is 22.4 Å². The number of aryl methyl sites for hydroxylation is 1. The van der Waals surface area contributed by atoms with Crippen molar-refractivity contribution in [3.63, 3.8) is 0 Å². The molecular formula is C19H28N6O4. The van der Waals surface area contributed by atoms with Crippen LogP contribution < -0.4 is 16.2 Å². The van der Waals surface area contributed by atoms with E-state index in [-0.39, 0.29) is 28.9 Å². The lowest BCUT2D eigenvalue weighted by Gasteiger charge is -2.27. The molecule has 1 aliphatic carbocycles. The molecule has 0 saturated heterocycles. The average molecular weight is 404 g/mol. The molecule has 0 atom stereocenters. The number of H-pyrrole nitrogens is 1. The lowest BCUT2D eigenvalue weighted by molar-refractivity contribution is -0.149. The molecule has 10 heteroatoms. The summed E-state index contributed by atoms with van der Waals surface area (Å²) in [4.78, 5) is 45.2. The minimum absolute atomic E-state index is 0.0381. The summed E-state index contributed by atoms with van der Waals surface area (Å²) >= 11 is 0. The zero-order valence-corrected chi connectivity index (χ0v) is 16.9. The van der Waals surface area contributed by atoms with Crippen LogP contribution in [-0.2, 0) is 16.0 Å². The first kappa shape index (κ1) is 20.8. The summed E-state index contributed by atoms with van der Waals surface area (Å²) in [5.74, 6) is 0.421. The average Bonchev–Trinajstić information content (AvgIpc) is 3.19. The Labute approximate surface area is 168 Å². The standard InChI is InChI=1S/C19H28N6O4/c1-3-5-14-15(16(26)25-18(23-14)21-11-22-25)24-19(28)20-10-12-6-8-13(9-7-12)17(27)29-4-2/h11-13H,3-10H2,1-2H3,(H2,20,24,28)(H,21,22,23). The fraction of sp³-hybridized carbons (Fsp3) is 0.632. The summed E-state index contributed by atoms with van der Waals surface area (Å²) in [6, 6.07) is -0.437. The van der Waals surface area contributed by atoms with Gasteiger partial charge in [-0.2, -0.15) is 4.52 Å². The molecule has 10 nitrogen and oxygen atoms in total. The number of carbonyl (C=O) groups excluding carboxylic acids is 2. The summed E-state index contributed by atoms with van der Waals surface area (Å²) in [5, 5.41) is 8.20. The molecule has 3 rings (SSSR count). The Morgan fingerprint density at radius 3 is 2.72 bits per heavy atom. The molecule has 1 aliphatic rings. The second-order valence-electron chi connectivity index (χ2n) is 7.32. The maximum atomic E-state index is 12.6. The molecule has 0 aliphatic heterocycles. The Morgan fingerprint density at radius 2 is 2.03 bits per heavy atom. The Bertz CT molecular complexity index is 913. The van der Waals surface area contributed by atoms with Gasteiger partial charge in [0.05, 0.1) is 18.2 Å². The predicted octanol–water partition coefficient (Wildman–Crippen LogP) is 1.86. The number of anilines is 1. The van der Waals surface area contributed by atoms with Crippen LogP contribution >= 0.6 is 0 Å². The van der Waals surface area contributed by atoms with Crippen molar-refractivity contribution in [2.45, 2.75) is 52.4 Å². The zero-order chi connectivity index (χ0) is 20.8. The van der Waals surface area contributed by atoms with Crippen LogP contribution in [0.4, 0.5) is 10.5 Å². The number of aromatic nitrogens is 4. The summed E-state index contributed by atoms with van der Waals surface area (Å²) < 4.78 is 6.28. The number of carbonyl (C=O) groups is 2. The van der Waals surface area contributed by atoms with E-state index in [4.69, 9.17) is 4.74 Å². The molecule has 0 spiro atoms. The number of aromatic amines is 1. The van der Waals surface area contributed by atoms with E-state index in [2.05, 4.69) is 25.7 Å². The van der Waals surface area contributed by atoms with Crippen molar-refractivity contribution < 1.29 is 14.3 Å². The van der Waals surface area contributed by atoms with E-state index in [0.717, 1.165) is 32.1 Å². The van der Waals surface area contributed by atoms with E-state index in [1.807, 2.05) is 13.8 Å². The van der Waals surface area contributed by atoms with Gasteiger partial charge >= 0.3 is 12.0 Å². The highest BCUT2D eigenvalue weighted by molar-refractivity contribution is 5.89. The van der Waals surface area contributed by atoms with Gasteiger partial charge in [0.25, 0.3) is 11.3 Å². The third kappa shape index (κ3) is 4.93. The number of rotatable bonds is 7. The minimum atomic E-state index is -0.437. The topological polar surface area (TPSA) is 130 Å². The number of nitrogens with one attached hydrogen (secondary N) is 3. The van der Waals surface area contributed by atoms with Crippen LogP contribution in [0.2, 0.25) is 0 Å². The summed E-state index contributed by atoms with van der Waals surface area (Å²) in [5.41, 5.74) is 0.299. The second-order valence-corrected chi connectivity index (χ2v) is 7.32. The predicted molar refractivity (Wildman–Crippen MR) is 107 cm³/mol. The van der Waals surface area contributed by atoms with Crippen molar-refractivity contribution in [2.24, 2.45) is 11.8 Å². The SMILES string of the molecule is CCCc1nc2nc[nH]n2c(=O)c1NC(=O)NCC1CCC(C(=O)OCC)CC1. The highest BCUT2D eigenvalue weighted by atomic mass is 16.5. The fourth-order valence-electron chi connectivity index (χ4n) is 3.70. The van der Waals surface area contributed by atoms with E-state index >= 15 is 0 Å². The van der Waals surface area contributed by atoms with Crippen LogP contribution in [0.3, 0.4) is 0 Å². The number of hydrogen-bond acceptors (Lipinski definition) is 6. The van der Waals surface area contributed by atoms with Crippen LogP contribution in [0.25, 0.3) is 5.78 Å². The van der Waals surface area contributed by atoms with Crippen molar-refractivity contribution in [2.75, 3.05) is 18.5 Å². The van der Waals surface area contributed by atoms with E-state index in [9.17, 15) is 14.4 Å². The van der Waals surface area contributed by atoms with E-state index in [1.54, 1.807) is 0 Å². The van der Waals surface area contributed by atoms with Gasteiger partial charge in [-0.15, -0.1) is 0 Å². The first-order valence-electron chi connectivity index (χ1n) is 10.2. The molecule has 1 saturated carbocycles. The van der Waals surface area contributed by atoms with Crippen molar-refractivity contribution in [3.8, 4) is 0 Å². The van der Waals surface area contributed by atoms with Crippen LogP contribution in [0.1, 0.15) is 51.6 Å². The fourth-order valence-corrected chi connectivity index (χ4v) is 3.70. The maximum Gasteiger partial charge on any atom is 0.319 e. The van der Waals surface area contributed by atoms with Crippen LogP contribution in [0.15, 0.2) is 11.1 Å². The molecule has 2 amide bonds. The molecule has 3 N–H and O–H groups in total. The Hall–Kier alpha value is -2.91. The van der Waals surface area contributed by atoms with Gasteiger partial charge in [-0.25, -0.2) is 14.8 Å². The molecule has 2 aromatic rings. The Morgan fingerprint density at radius 1 is 1.28 bits per heavy atom. The van der Waals surface area contributed by atoms with E-state index in [1.165, 1.54) is 10.8 Å². The number of ether oxygens (including phenoxy) is 1. The molecule has 1 fully saturated rings. The molecule has 0 bridgehead atoms. The Balaban J connectivity index is 1.56. The van der Waals surface area contributed by atoms with Crippen LogP contribution in [0.5, 0.6) is 0 Å². The molecule has 2 heterocycles. The highest BCUT2D eigenvalue weighted by Crippen LogP contribution is 2.29. The normalized spacial score (nSPS) is 19.1. The molecular weight excluding hydrogens is 376 g/mol. The van der Waals surface area contributed by atoms with Crippen molar-refractivity contribution in [1.29, 1.82) is 0 Å². The van der Waals surface area contributed by atoms with Crippen molar-refractivity contribution >= 4 is 23.5 Å². The van der Waals surface area contributed by atoms with Crippen molar-refractivity contribution in [1.82, 2.24) is 24.9 Å². The number of fused-ring (bicyclic) bond motifs is 1. The Kier molecular flexibility index (Phi) is 6.84. The first-order valence-corrected chi connectivity index (χ1v) is 10.2. The number of urea groups is 1. The summed E-state index contributed by atoms with van der Waals surface area (Å²) in [6.45, 7) is 4.68. The number of esters is 1. The van der Waals surface area contributed by atoms with Gasteiger partial charge in [0, 0.05) is 6.54 Å². The number of amides is 2. The largest absolute Gasteiger partial charge is 0.466 e. The van der Waals surface area contributed by atoms with E-state index < -0.39 is 6.03 Å². The quantitative estimate of drug-likeness (QED) is 0.604. The van der Waals surface area contributed by atoms with Gasteiger partial charge in [-0.05, 0) is 44.9 Å². The van der Waals surface area contributed by atoms with E-state index in [0.29, 0.717) is 31.2 Å². The molecule has 0 unspecified atom stereocenters. The number of nitrogens with zero attached hydrogens (tertiary/aromatic N) is 3. The molecule has 0 radical (unpaired) electrons. The second kappa shape index (κ2) is 9.53. The first-order chi connectivity index (χ1) is 14.0. The van der Waals surface area contributed by atoms with Gasteiger partial charge in [-0.3, -0.25) is 14.7 Å². The summed E-state index contributed by atoms with van der Waals surface area (Å²) in [6.07, 6.45) is 5.99. The van der Waals surface area contributed by atoms with Gasteiger partial charge in [0.2, 0.25) is 0 Å². The van der Waals surface area contributed by atoms with Gasteiger partial charge in [0.1, 0.15) is 12.0 Å². The van der Waals surface area contributed by atoms with Gasteiger partial charge in [0.15, 0.2) is 0 Å². The molecule has 2 aromatic heterocycles. The highest BCUT2D eigenvalue weighted by Gasteiger charge is 2.27. The molecule has 29 heavy (non-hydrogen) atoms. The smallest absolute Gasteiger partial charge is 0.319 e.